The predicted molar refractivity (Wildman–Crippen MR) is 127 cm³/mol. The molecule has 0 amide bonds. The number of tetrazole rings is 1. The fourth-order valence-corrected chi connectivity index (χ4v) is 5.23. The van der Waals surface area contributed by atoms with E-state index >= 15 is 0 Å². The van der Waals surface area contributed by atoms with Crippen molar-refractivity contribution >= 4 is 5.82 Å². The van der Waals surface area contributed by atoms with Crippen LogP contribution in [0.1, 0.15) is 30.1 Å². The van der Waals surface area contributed by atoms with Gasteiger partial charge in [0, 0.05) is 25.3 Å². The lowest BCUT2D eigenvalue weighted by Gasteiger charge is -2.52. The Hall–Kier alpha value is -3.92. The van der Waals surface area contributed by atoms with Crippen molar-refractivity contribution in [1.29, 1.82) is 0 Å². The van der Waals surface area contributed by atoms with E-state index in [0.29, 0.717) is 5.92 Å². The largest absolute Gasteiger partial charge is 0.496 e. The number of benzene rings is 2. The van der Waals surface area contributed by atoms with Gasteiger partial charge in [-0.1, -0.05) is 18.2 Å². The first kappa shape index (κ1) is 21.6. The topological polar surface area (TPSA) is 93.9 Å². The molecule has 0 radical (unpaired) electrons. The van der Waals surface area contributed by atoms with E-state index in [4.69, 9.17) is 4.74 Å². The Kier molecular flexibility index (Phi) is 5.37. The summed E-state index contributed by atoms with van der Waals surface area (Å²) in [5.74, 6) is 2.55. The molecule has 1 aliphatic carbocycles. The third-order valence-corrected chi connectivity index (χ3v) is 6.99. The van der Waals surface area contributed by atoms with Crippen LogP contribution >= 0.6 is 0 Å². The Morgan fingerprint density at radius 2 is 1.86 bits per heavy atom. The first-order chi connectivity index (χ1) is 17.1. The molecular formula is C25H25FN8O. The molecule has 9 nitrogen and oxygen atoms in total. The highest BCUT2D eigenvalue weighted by atomic mass is 19.1. The van der Waals surface area contributed by atoms with E-state index in [-0.39, 0.29) is 11.9 Å². The molecule has 4 aromatic rings. The third-order valence-electron chi connectivity index (χ3n) is 6.99. The predicted octanol–water partition coefficient (Wildman–Crippen LogP) is 2.85. The van der Waals surface area contributed by atoms with Gasteiger partial charge in [-0.2, -0.15) is 4.68 Å². The first-order valence-electron chi connectivity index (χ1n) is 11.6. The highest BCUT2D eigenvalue weighted by molar-refractivity contribution is 5.43. The number of anilines is 1. The van der Waals surface area contributed by atoms with Gasteiger partial charge in [0.2, 0.25) is 0 Å². The lowest BCUT2D eigenvalue weighted by molar-refractivity contribution is 0.109. The summed E-state index contributed by atoms with van der Waals surface area (Å²) in [5.41, 5.74) is 1.49. The van der Waals surface area contributed by atoms with Crippen molar-refractivity contribution in [3.63, 3.8) is 0 Å². The molecule has 1 aliphatic heterocycles. The van der Waals surface area contributed by atoms with Gasteiger partial charge in [-0.05, 0) is 71.1 Å². The number of nitrogens with zero attached hydrogens (tertiary/aromatic N) is 7. The van der Waals surface area contributed by atoms with Gasteiger partial charge in [0.05, 0.1) is 18.3 Å². The number of aromatic nitrogens is 6. The molecule has 0 bridgehead atoms. The fraction of sp³-hybridized carbons (Fsp3) is 0.320. The van der Waals surface area contributed by atoms with Crippen LogP contribution in [-0.4, -0.2) is 56.4 Å². The van der Waals surface area contributed by atoms with Crippen molar-refractivity contribution in [3.8, 4) is 11.4 Å². The summed E-state index contributed by atoms with van der Waals surface area (Å²) in [4.78, 5) is 10.6. The summed E-state index contributed by atoms with van der Waals surface area (Å²) < 4.78 is 20.9. The van der Waals surface area contributed by atoms with Gasteiger partial charge in [0.15, 0.2) is 5.82 Å². The van der Waals surface area contributed by atoms with Crippen LogP contribution in [0.2, 0.25) is 0 Å². The standard InChI is InChI=1S/C25H25FN8O/c1-35-22-5-3-2-4-21(22)17-12-25(13-17,29-19-14-33(15-19)23-10-11-27-16-28-23)24-30-31-32-34(24)20-8-6-18(26)7-9-20/h2-11,16-17,19,29H,12-15H2,1H3. The van der Waals surface area contributed by atoms with Gasteiger partial charge in [-0.15, -0.1) is 5.10 Å². The molecule has 178 valence electrons. The van der Waals surface area contributed by atoms with Crippen LogP contribution in [0.3, 0.4) is 0 Å². The zero-order valence-corrected chi connectivity index (χ0v) is 19.3. The second-order valence-corrected chi connectivity index (χ2v) is 9.13. The molecule has 2 aromatic heterocycles. The Labute approximate surface area is 202 Å². The average molecular weight is 473 g/mol. The minimum atomic E-state index is -0.425. The average Bonchev–Trinajstić information content (AvgIpc) is 3.34. The van der Waals surface area contributed by atoms with Crippen molar-refractivity contribution < 1.29 is 9.13 Å². The zero-order chi connectivity index (χ0) is 23.8. The molecule has 0 unspecified atom stereocenters. The van der Waals surface area contributed by atoms with E-state index in [1.807, 2.05) is 24.3 Å². The summed E-state index contributed by atoms with van der Waals surface area (Å²) in [5, 5.41) is 16.6. The molecule has 0 spiro atoms. The lowest BCUT2D eigenvalue weighted by Crippen LogP contribution is -2.66. The van der Waals surface area contributed by atoms with Gasteiger partial charge in [0.1, 0.15) is 23.7 Å². The minimum Gasteiger partial charge on any atom is -0.496 e. The van der Waals surface area contributed by atoms with Crippen LogP contribution in [0.5, 0.6) is 5.75 Å². The lowest BCUT2D eigenvalue weighted by atomic mass is 9.64. The number of rotatable bonds is 7. The Morgan fingerprint density at radius 1 is 1.06 bits per heavy atom. The molecule has 3 heterocycles. The molecule has 2 aromatic carbocycles. The summed E-state index contributed by atoms with van der Waals surface area (Å²) in [6.07, 6.45) is 4.96. The minimum absolute atomic E-state index is 0.252. The van der Waals surface area contributed by atoms with Crippen LogP contribution < -0.4 is 15.0 Å². The molecule has 1 N–H and O–H groups in total. The highest BCUT2D eigenvalue weighted by Crippen LogP contribution is 2.52. The van der Waals surface area contributed by atoms with Gasteiger partial charge < -0.3 is 9.64 Å². The maximum Gasteiger partial charge on any atom is 0.176 e. The van der Waals surface area contributed by atoms with Gasteiger partial charge >= 0.3 is 0 Å². The van der Waals surface area contributed by atoms with Crippen molar-refractivity contribution in [2.45, 2.75) is 30.3 Å². The normalized spacial score (nSPS) is 21.9. The maximum atomic E-state index is 13.6. The molecule has 0 atom stereocenters. The SMILES string of the molecule is COc1ccccc1C1CC(NC2CN(c3ccncn3)C2)(c2nnnn2-c2ccc(F)cc2)C1. The second kappa shape index (κ2) is 8.70. The van der Waals surface area contributed by atoms with Crippen molar-refractivity contribution in [2.24, 2.45) is 0 Å². The molecular weight excluding hydrogens is 447 g/mol. The fourth-order valence-electron chi connectivity index (χ4n) is 5.23. The smallest absolute Gasteiger partial charge is 0.176 e. The summed E-state index contributed by atoms with van der Waals surface area (Å²) in [6.45, 7) is 1.66. The van der Waals surface area contributed by atoms with Crippen LogP contribution in [-0.2, 0) is 5.54 Å². The van der Waals surface area contributed by atoms with Crippen LogP contribution in [0.25, 0.3) is 5.69 Å². The van der Waals surface area contributed by atoms with Crippen molar-refractivity contribution in [2.75, 3.05) is 25.1 Å². The van der Waals surface area contributed by atoms with Crippen LogP contribution in [0.15, 0.2) is 67.1 Å². The molecule has 10 heteroatoms. The summed E-state index contributed by atoms with van der Waals surface area (Å²) in [6, 6.07) is 16.5. The summed E-state index contributed by atoms with van der Waals surface area (Å²) >= 11 is 0. The van der Waals surface area contributed by atoms with Crippen LogP contribution in [0.4, 0.5) is 10.2 Å². The molecule has 1 saturated heterocycles. The number of nitrogens with one attached hydrogen (secondary N) is 1. The van der Waals surface area contributed by atoms with Gasteiger partial charge in [-0.3, -0.25) is 5.32 Å². The molecule has 1 saturated carbocycles. The first-order valence-corrected chi connectivity index (χ1v) is 11.6. The molecule has 35 heavy (non-hydrogen) atoms. The van der Waals surface area contributed by atoms with Gasteiger partial charge in [0.25, 0.3) is 0 Å². The van der Waals surface area contributed by atoms with Crippen LogP contribution in [0, 0.1) is 5.82 Å². The van der Waals surface area contributed by atoms with E-state index in [0.717, 1.165) is 49.0 Å². The van der Waals surface area contributed by atoms with E-state index in [2.05, 4.69) is 41.8 Å². The summed E-state index contributed by atoms with van der Waals surface area (Å²) in [7, 11) is 1.70. The number of methoxy groups -OCH3 is 1. The highest BCUT2D eigenvalue weighted by Gasteiger charge is 2.52. The number of hydrogen-bond donors (Lipinski definition) is 1. The molecule has 6 rings (SSSR count). The van der Waals surface area contributed by atoms with Crippen molar-refractivity contribution in [3.05, 3.63) is 84.3 Å². The third kappa shape index (κ3) is 3.89. The number of hydrogen-bond acceptors (Lipinski definition) is 8. The monoisotopic (exact) mass is 472 g/mol. The maximum absolute atomic E-state index is 13.6. The number of halogens is 1. The Balaban J connectivity index is 1.28. The Bertz CT molecular complexity index is 1300. The molecule has 2 aliphatic rings. The van der Waals surface area contributed by atoms with E-state index in [1.54, 1.807) is 36.4 Å². The quantitative estimate of drug-likeness (QED) is 0.439. The molecule has 2 fully saturated rings. The van der Waals surface area contributed by atoms with Crippen molar-refractivity contribution in [1.82, 2.24) is 35.5 Å². The van der Waals surface area contributed by atoms with Gasteiger partial charge in [-0.25, -0.2) is 14.4 Å². The number of ether oxygens (including phenoxy) is 1. The zero-order valence-electron chi connectivity index (χ0n) is 19.3. The van der Waals surface area contributed by atoms with E-state index < -0.39 is 5.54 Å². The van der Waals surface area contributed by atoms with E-state index in [9.17, 15) is 4.39 Å². The van der Waals surface area contributed by atoms with E-state index in [1.165, 1.54) is 17.7 Å². The Morgan fingerprint density at radius 3 is 2.60 bits per heavy atom. The second-order valence-electron chi connectivity index (χ2n) is 9.13. The number of para-hydroxylation sites is 1.